The first-order chi connectivity index (χ1) is 13.4. The maximum absolute atomic E-state index is 3.32. The second-order valence-electron chi connectivity index (χ2n) is 6.85. The van der Waals surface area contributed by atoms with E-state index in [2.05, 4.69) is 83.3 Å². The van der Waals surface area contributed by atoms with E-state index in [9.17, 15) is 0 Å². The SMILES string of the molecule is [Y].[Y].[Y].[c-]1ccc(-c2cc3c[c-]cc4cc(-c5cc[c-]cc5)c5ccc2n5c34)cc1. The number of nitrogens with zero attached hydrogens (tertiary/aromatic N) is 1. The number of rotatable bonds is 2. The number of hydrogen-bond acceptors (Lipinski definition) is 0. The zero-order chi connectivity index (χ0) is 17.8. The molecule has 1 nitrogen and oxygen atoms in total. The molecule has 3 aromatic heterocycles. The normalized spacial score (nSPS) is 10.5. The van der Waals surface area contributed by atoms with Crippen LogP contribution in [0.4, 0.5) is 0 Å². The van der Waals surface area contributed by atoms with Gasteiger partial charge in [0, 0.05) is 109 Å². The van der Waals surface area contributed by atoms with Gasteiger partial charge in [-0.25, -0.2) is 0 Å². The van der Waals surface area contributed by atoms with Crippen LogP contribution in [-0.2, 0) is 98.1 Å². The molecule has 0 saturated heterocycles. The third kappa shape index (κ3) is 3.96. The van der Waals surface area contributed by atoms with Crippen molar-refractivity contribution in [2.24, 2.45) is 0 Å². The Morgan fingerprint density at radius 1 is 0.533 bits per heavy atom. The van der Waals surface area contributed by atoms with Crippen LogP contribution in [0.15, 0.2) is 84.9 Å². The van der Waals surface area contributed by atoms with Crippen LogP contribution in [0.1, 0.15) is 0 Å². The molecule has 0 amide bonds. The smallest absolute Gasteiger partial charge is 0.0487 e. The molecule has 0 aliphatic carbocycles. The van der Waals surface area contributed by atoms with Gasteiger partial charge in [-0.2, -0.15) is 78.9 Å². The third-order valence-electron chi connectivity index (χ3n) is 5.34. The summed E-state index contributed by atoms with van der Waals surface area (Å²) < 4.78 is 2.40. The van der Waals surface area contributed by atoms with Gasteiger partial charge in [0.1, 0.15) is 0 Å². The van der Waals surface area contributed by atoms with Crippen LogP contribution in [0.25, 0.3) is 49.6 Å². The second-order valence-corrected chi connectivity index (χ2v) is 6.85. The number of hydrogen-bond donors (Lipinski definition) is 0. The summed E-state index contributed by atoms with van der Waals surface area (Å²) in [6.07, 6.45) is 0. The first-order valence-electron chi connectivity index (χ1n) is 9.03. The van der Waals surface area contributed by atoms with Gasteiger partial charge >= 0.3 is 0 Å². The predicted octanol–water partition coefficient (Wildman–Crippen LogP) is 6.41. The largest absolute Gasteiger partial charge is 0.332 e. The van der Waals surface area contributed by atoms with E-state index in [1.54, 1.807) is 0 Å². The van der Waals surface area contributed by atoms with Gasteiger partial charge in [0.15, 0.2) is 0 Å². The van der Waals surface area contributed by atoms with Crippen molar-refractivity contribution in [3.8, 4) is 22.3 Å². The maximum atomic E-state index is 3.32. The van der Waals surface area contributed by atoms with Crippen molar-refractivity contribution in [3.63, 3.8) is 0 Å². The van der Waals surface area contributed by atoms with E-state index in [1.807, 2.05) is 24.3 Å². The van der Waals surface area contributed by atoms with E-state index in [-0.39, 0.29) is 98.1 Å². The van der Waals surface area contributed by atoms with E-state index in [0.29, 0.717) is 0 Å². The van der Waals surface area contributed by atoms with Crippen LogP contribution in [0.2, 0.25) is 0 Å². The van der Waals surface area contributed by atoms with E-state index >= 15 is 0 Å². The molecule has 0 unspecified atom stereocenters. The van der Waals surface area contributed by atoms with E-state index in [0.717, 1.165) is 0 Å². The van der Waals surface area contributed by atoms with Gasteiger partial charge in [0.25, 0.3) is 0 Å². The van der Waals surface area contributed by atoms with Gasteiger partial charge in [-0.15, -0.1) is 34.0 Å². The Morgan fingerprint density at radius 2 is 0.967 bits per heavy atom. The van der Waals surface area contributed by atoms with Crippen LogP contribution in [0.5, 0.6) is 0 Å². The zero-order valence-corrected chi connectivity index (χ0v) is 24.8. The van der Waals surface area contributed by atoms with Crippen molar-refractivity contribution in [3.05, 3.63) is 103 Å². The Morgan fingerprint density at radius 3 is 1.40 bits per heavy atom. The van der Waals surface area contributed by atoms with Crippen molar-refractivity contribution in [1.82, 2.24) is 4.40 Å². The Labute approximate surface area is 251 Å². The Balaban J connectivity index is 0.000000853. The molecule has 6 aromatic rings. The number of benzene rings is 3. The van der Waals surface area contributed by atoms with Gasteiger partial charge in [0.2, 0.25) is 0 Å². The molecule has 0 aliphatic heterocycles. The van der Waals surface area contributed by atoms with Gasteiger partial charge in [-0.3, -0.25) is 0 Å². The third-order valence-corrected chi connectivity index (χ3v) is 5.34. The quantitative estimate of drug-likeness (QED) is 0.201. The zero-order valence-electron chi connectivity index (χ0n) is 16.3. The minimum Gasteiger partial charge on any atom is -0.332 e. The molecule has 0 spiro atoms. The minimum absolute atomic E-state index is 0. The van der Waals surface area contributed by atoms with Crippen LogP contribution in [0.3, 0.4) is 0 Å². The summed E-state index contributed by atoms with van der Waals surface area (Å²) in [5.41, 5.74) is 8.58. The molecular formula is C26H14NY3-3. The van der Waals surface area contributed by atoms with E-state index in [1.165, 1.54) is 49.6 Å². The topological polar surface area (TPSA) is 4.41 Å². The number of pyridine rings is 2. The molecule has 30 heavy (non-hydrogen) atoms. The Bertz CT molecular complexity index is 1300. The summed E-state index contributed by atoms with van der Waals surface area (Å²) in [6.45, 7) is 0. The summed E-state index contributed by atoms with van der Waals surface area (Å²) in [4.78, 5) is 0. The summed E-state index contributed by atoms with van der Waals surface area (Å²) in [5.74, 6) is 0. The predicted molar refractivity (Wildman–Crippen MR) is 111 cm³/mol. The standard InChI is InChI=1S/C26H14N.3Y/c1-3-8-18(9-4-1)22-16-20-12-7-13-21-17-23(19-10-5-2-6-11-19)25-15-14-24(22)27(25)26(20)21;;;/h3-6,8-17H;;;/q-3;;;. The van der Waals surface area contributed by atoms with Crippen LogP contribution in [-0.4, -0.2) is 4.40 Å². The van der Waals surface area contributed by atoms with E-state index in [4.69, 9.17) is 0 Å². The average Bonchev–Trinajstić information content (AvgIpc) is 3.19. The van der Waals surface area contributed by atoms with Crippen molar-refractivity contribution in [2.45, 2.75) is 0 Å². The van der Waals surface area contributed by atoms with Gasteiger partial charge in [-0.1, -0.05) is 0 Å². The first-order valence-corrected chi connectivity index (χ1v) is 9.03. The summed E-state index contributed by atoms with van der Waals surface area (Å²) in [7, 11) is 0. The Hall–Kier alpha value is -0.268. The molecule has 6 rings (SSSR count). The van der Waals surface area contributed by atoms with Gasteiger partial charge < -0.3 is 4.40 Å². The summed E-state index contributed by atoms with van der Waals surface area (Å²) >= 11 is 0. The molecule has 0 saturated carbocycles. The average molecular weight is 607 g/mol. The van der Waals surface area contributed by atoms with Crippen LogP contribution in [0, 0.1) is 18.2 Å². The minimum atomic E-state index is 0. The molecule has 3 radical (unpaired) electrons. The van der Waals surface area contributed by atoms with Crippen LogP contribution >= 0.6 is 0 Å². The maximum Gasteiger partial charge on any atom is 0.0487 e. The van der Waals surface area contributed by atoms with Gasteiger partial charge in [0.05, 0.1) is 0 Å². The summed E-state index contributed by atoms with van der Waals surface area (Å²) in [6, 6.07) is 39.1. The molecule has 0 N–H and O–H groups in total. The second kappa shape index (κ2) is 10.1. The van der Waals surface area contributed by atoms with Crippen LogP contribution < -0.4 is 0 Å². The van der Waals surface area contributed by atoms with Gasteiger partial charge in [-0.05, 0) is 28.8 Å². The Kier molecular flexibility index (Phi) is 8.22. The van der Waals surface area contributed by atoms with Crippen molar-refractivity contribution >= 4 is 27.3 Å². The van der Waals surface area contributed by atoms with E-state index < -0.39 is 0 Å². The molecule has 135 valence electrons. The monoisotopic (exact) mass is 607 g/mol. The summed E-state index contributed by atoms with van der Waals surface area (Å²) in [5, 5.41) is 2.41. The molecular weight excluding hydrogens is 593 g/mol. The molecule has 4 heteroatoms. The van der Waals surface area contributed by atoms with Crippen molar-refractivity contribution < 1.29 is 98.1 Å². The molecule has 0 fully saturated rings. The number of aromatic nitrogens is 1. The fraction of sp³-hybridized carbons (Fsp3) is 0. The molecule has 3 heterocycles. The van der Waals surface area contributed by atoms with Crippen molar-refractivity contribution in [1.29, 1.82) is 0 Å². The molecule has 3 aromatic carbocycles. The molecule has 0 aliphatic rings. The van der Waals surface area contributed by atoms with Crippen molar-refractivity contribution in [2.75, 3.05) is 0 Å². The first kappa shape index (κ1) is 24.4. The molecule has 0 atom stereocenters. The fourth-order valence-corrected chi connectivity index (χ4v) is 4.16. The molecule has 0 bridgehead atoms. The fourth-order valence-electron chi connectivity index (χ4n) is 4.16.